The lowest BCUT2D eigenvalue weighted by molar-refractivity contribution is 0.280. The Hall–Kier alpha value is -1.68. The molecular weight excluding hydrogens is 238 g/mol. The Labute approximate surface area is 113 Å². The van der Waals surface area contributed by atoms with E-state index >= 15 is 0 Å². The van der Waals surface area contributed by atoms with Crippen molar-refractivity contribution in [1.29, 1.82) is 0 Å². The van der Waals surface area contributed by atoms with Crippen LogP contribution in [-0.2, 0) is 12.1 Å². The molecule has 1 saturated carbocycles. The highest BCUT2D eigenvalue weighted by Crippen LogP contribution is 2.44. The molecule has 1 unspecified atom stereocenters. The Morgan fingerprint density at radius 3 is 2.63 bits per heavy atom. The van der Waals surface area contributed by atoms with Crippen LogP contribution in [0.1, 0.15) is 37.0 Å². The fourth-order valence-corrected chi connectivity index (χ4v) is 2.46. The van der Waals surface area contributed by atoms with Crippen molar-refractivity contribution in [2.75, 3.05) is 0 Å². The predicted molar refractivity (Wildman–Crippen MR) is 72.4 cm³/mol. The van der Waals surface area contributed by atoms with E-state index in [1.807, 2.05) is 13.0 Å². The number of aryl methyl sites for hydroxylation is 1. The average molecular weight is 257 g/mol. The number of hydrogen-bond donors (Lipinski definition) is 1. The molecule has 0 amide bonds. The Morgan fingerprint density at radius 2 is 2.05 bits per heavy atom. The summed E-state index contributed by atoms with van der Waals surface area (Å²) in [6.07, 6.45) is 2.46. The zero-order valence-electron chi connectivity index (χ0n) is 11.4. The van der Waals surface area contributed by atoms with Crippen LogP contribution in [0.2, 0.25) is 0 Å². The lowest BCUT2D eigenvalue weighted by Crippen LogP contribution is -2.42. The molecule has 4 nitrogen and oxygen atoms in total. The maximum Gasteiger partial charge on any atom is 0.223 e. The van der Waals surface area contributed by atoms with Gasteiger partial charge >= 0.3 is 0 Å². The lowest BCUT2D eigenvalue weighted by atomic mass is 9.94. The molecule has 1 heterocycles. The van der Waals surface area contributed by atoms with Crippen LogP contribution in [0.3, 0.4) is 0 Å². The second kappa shape index (κ2) is 4.78. The van der Waals surface area contributed by atoms with E-state index in [1.165, 1.54) is 18.4 Å². The van der Waals surface area contributed by atoms with E-state index in [0.29, 0.717) is 11.8 Å². The summed E-state index contributed by atoms with van der Waals surface area (Å²) < 4.78 is 5.14. The highest BCUT2D eigenvalue weighted by atomic mass is 16.5. The fourth-order valence-electron chi connectivity index (χ4n) is 2.46. The number of nitrogens with zero attached hydrogens (tertiary/aromatic N) is 2. The summed E-state index contributed by atoms with van der Waals surface area (Å²) in [5.74, 6) is 2.01. The van der Waals surface area contributed by atoms with E-state index in [9.17, 15) is 0 Å². The van der Waals surface area contributed by atoms with E-state index in [1.54, 1.807) is 0 Å². The van der Waals surface area contributed by atoms with Gasteiger partial charge in [-0.1, -0.05) is 35.5 Å². The van der Waals surface area contributed by atoms with Crippen molar-refractivity contribution in [2.24, 2.45) is 5.92 Å². The normalized spacial score (nSPS) is 18.2. The van der Waals surface area contributed by atoms with Crippen molar-refractivity contribution >= 4 is 0 Å². The molecule has 0 bridgehead atoms. The number of hydrogen-bond acceptors (Lipinski definition) is 4. The standard InChI is InChI=1S/C15H19N3O/c1-11-17-14(18-19-11)15(2,13-8-9-13)16-10-12-6-4-3-5-7-12/h3-7,13,16H,8-10H2,1-2H3. The molecule has 1 N–H and O–H groups in total. The molecule has 1 aliphatic carbocycles. The Kier molecular flexibility index (Phi) is 3.11. The van der Waals surface area contributed by atoms with E-state index in [0.717, 1.165) is 12.4 Å². The summed E-state index contributed by atoms with van der Waals surface area (Å²) >= 11 is 0. The van der Waals surface area contributed by atoms with Crippen molar-refractivity contribution in [3.05, 3.63) is 47.6 Å². The zero-order valence-corrected chi connectivity index (χ0v) is 11.4. The van der Waals surface area contributed by atoms with Gasteiger partial charge in [-0.25, -0.2) is 0 Å². The van der Waals surface area contributed by atoms with Gasteiger partial charge in [0.15, 0.2) is 5.82 Å². The van der Waals surface area contributed by atoms with Gasteiger partial charge in [-0.2, -0.15) is 4.98 Å². The van der Waals surface area contributed by atoms with Crippen molar-refractivity contribution in [2.45, 2.75) is 38.8 Å². The van der Waals surface area contributed by atoms with Gasteiger partial charge in [0, 0.05) is 13.5 Å². The predicted octanol–water partition coefficient (Wildman–Crippen LogP) is 2.79. The Bertz CT molecular complexity index is 548. The molecule has 1 aromatic heterocycles. The lowest BCUT2D eigenvalue weighted by Gasteiger charge is -2.27. The minimum Gasteiger partial charge on any atom is -0.340 e. The van der Waals surface area contributed by atoms with Crippen molar-refractivity contribution in [3.8, 4) is 0 Å². The molecule has 0 radical (unpaired) electrons. The molecular formula is C15H19N3O. The maximum atomic E-state index is 5.14. The molecule has 0 spiro atoms. The van der Waals surface area contributed by atoms with Crippen LogP contribution in [0.25, 0.3) is 0 Å². The van der Waals surface area contributed by atoms with Crippen LogP contribution in [0.5, 0.6) is 0 Å². The second-order valence-corrected chi connectivity index (χ2v) is 5.45. The molecule has 1 atom stereocenters. The first-order valence-corrected chi connectivity index (χ1v) is 6.78. The molecule has 1 aliphatic rings. The SMILES string of the molecule is Cc1nc(C(C)(NCc2ccccc2)C2CC2)no1. The quantitative estimate of drug-likeness (QED) is 0.895. The van der Waals surface area contributed by atoms with Crippen LogP contribution in [-0.4, -0.2) is 10.1 Å². The first-order chi connectivity index (χ1) is 9.18. The van der Waals surface area contributed by atoms with Gasteiger partial charge in [0.05, 0.1) is 5.54 Å². The van der Waals surface area contributed by atoms with Crippen molar-refractivity contribution in [3.63, 3.8) is 0 Å². The summed E-state index contributed by atoms with van der Waals surface area (Å²) in [4.78, 5) is 4.42. The maximum absolute atomic E-state index is 5.14. The van der Waals surface area contributed by atoms with Gasteiger partial charge in [0.1, 0.15) is 0 Å². The van der Waals surface area contributed by atoms with E-state index in [4.69, 9.17) is 4.52 Å². The molecule has 4 heteroatoms. The van der Waals surface area contributed by atoms with E-state index in [-0.39, 0.29) is 5.54 Å². The minimum absolute atomic E-state index is 0.187. The molecule has 1 aromatic carbocycles. The molecule has 0 aliphatic heterocycles. The van der Waals surface area contributed by atoms with Gasteiger partial charge in [-0.3, -0.25) is 0 Å². The molecule has 100 valence electrons. The monoisotopic (exact) mass is 257 g/mol. The van der Waals surface area contributed by atoms with Crippen LogP contribution in [0, 0.1) is 12.8 Å². The Morgan fingerprint density at radius 1 is 1.32 bits per heavy atom. The average Bonchev–Trinajstić information content (AvgIpc) is 3.20. The van der Waals surface area contributed by atoms with E-state index in [2.05, 4.69) is 46.6 Å². The minimum atomic E-state index is -0.187. The topological polar surface area (TPSA) is 51.0 Å². The first kappa shape index (κ1) is 12.4. The molecule has 1 fully saturated rings. The first-order valence-electron chi connectivity index (χ1n) is 6.78. The molecule has 0 saturated heterocycles. The van der Waals surface area contributed by atoms with Gasteiger partial charge in [-0.05, 0) is 31.2 Å². The van der Waals surface area contributed by atoms with Gasteiger partial charge in [-0.15, -0.1) is 0 Å². The fraction of sp³-hybridized carbons (Fsp3) is 0.467. The summed E-state index contributed by atoms with van der Waals surface area (Å²) in [7, 11) is 0. The van der Waals surface area contributed by atoms with Crippen molar-refractivity contribution < 1.29 is 4.52 Å². The van der Waals surface area contributed by atoms with Gasteiger partial charge < -0.3 is 9.84 Å². The van der Waals surface area contributed by atoms with Crippen LogP contribution < -0.4 is 5.32 Å². The molecule has 3 rings (SSSR count). The third-order valence-electron chi connectivity index (χ3n) is 3.89. The third-order valence-corrected chi connectivity index (χ3v) is 3.89. The Balaban J connectivity index is 1.78. The largest absolute Gasteiger partial charge is 0.340 e. The molecule has 2 aromatic rings. The summed E-state index contributed by atoms with van der Waals surface area (Å²) in [5, 5.41) is 7.73. The number of nitrogens with one attached hydrogen (secondary N) is 1. The second-order valence-electron chi connectivity index (χ2n) is 5.45. The highest BCUT2D eigenvalue weighted by molar-refractivity contribution is 5.17. The number of benzene rings is 1. The smallest absolute Gasteiger partial charge is 0.223 e. The third kappa shape index (κ3) is 2.54. The molecule has 19 heavy (non-hydrogen) atoms. The summed E-state index contributed by atoms with van der Waals surface area (Å²) in [6, 6.07) is 10.4. The van der Waals surface area contributed by atoms with Gasteiger partial charge in [0.2, 0.25) is 5.89 Å². The number of rotatable bonds is 5. The summed E-state index contributed by atoms with van der Waals surface area (Å²) in [5.41, 5.74) is 1.09. The highest BCUT2D eigenvalue weighted by Gasteiger charge is 2.45. The number of aromatic nitrogens is 2. The van der Waals surface area contributed by atoms with Crippen molar-refractivity contribution in [1.82, 2.24) is 15.5 Å². The summed E-state index contributed by atoms with van der Waals surface area (Å²) in [6.45, 7) is 4.83. The van der Waals surface area contributed by atoms with E-state index < -0.39 is 0 Å². The van der Waals surface area contributed by atoms with Crippen LogP contribution >= 0.6 is 0 Å². The zero-order chi connectivity index (χ0) is 13.3. The van der Waals surface area contributed by atoms with Crippen LogP contribution in [0.4, 0.5) is 0 Å². The van der Waals surface area contributed by atoms with Gasteiger partial charge in [0.25, 0.3) is 0 Å². The van der Waals surface area contributed by atoms with Crippen LogP contribution in [0.15, 0.2) is 34.9 Å².